The van der Waals surface area contributed by atoms with Gasteiger partial charge in [-0.05, 0) is 36.9 Å². The van der Waals surface area contributed by atoms with Gasteiger partial charge >= 0.3 is 6.18 Å². The molecule has 1 aliphatic rings. The minimum atomic E-state index is -4.36. The van der Waals surface area contributed by atoms with E-state index in [2.05, 4.69) is 16.8 Å². The van der Waals surface area contributed by atoms with Gasteiger partial charge in [-0.2, -0.15) is 13.2 Å². The van der Waals surface area contributed by atoms with Crippen LogP contribution in [0.4, 0.5) is 13.2 Å². The van der Waals surface area contributed by atoms with Crippen molar-refractivity contribution in [1.29, 1.82) is 0 Å². The number of hydrogen-bond donors (Lipinski definition) is 0. The second kappa shape index (κ2) is 5.26. The molecule has 1 unspecified atom stereocenters. The molecule has 18 heavy (non-hydrogen) atoms. The third-order valence-electron chi connectivity index (χ3n) is 3.29. The normalized spacial score (nSPS) is 22.1. The fraction of sp³-hybridized carbons (Fsp3) is 0.615. The van der Waals surface area contributed by atoms with E-state index in [0.717, 1.165) is 25.9 Å². The Kier molecular flexibility index (Phi) is 3.90. The number of hydrogen-bond acceptors (Lipinski definition) is 2. The third-order valence-corrected chi connectivity index (χ3v) is 3.29. The van der Waals surface area contributed by atoms with Crippen LogP contribution in [0.25, 0.3) is 0 Å². The van der Waals surface area contributed by atoms with E-state index < -0.39 is 11.9 Å². The van der Waals surface area contributed by atoms with E-state index in [4.69, 9.17) is 0 Å². The zero-order chi connectivity index (χ0) is 13.2. The summed E-state index contributed by atoms with van der Waals surface area (Å²) in [6.07, 6.45) is -0.943. The summed E-state index contributed by atoms with van der Waals surface area (Å²) in [6, 6.07) is 3.09. The zero-order valence-electron chi connectivity index (χ0n) is 10.4. The highest BCUT2D eigenvalue weighted by Gasteiger charge is 2.35. The standard InChI is InChI=1S/C13H17F3N2/c1-10-4-3-7-18(8-10)9-11-5-2-6-17-12(11)13(14,15)16/h2,5-6,10H,3-4,7-9H2,1H3. The second-order valence-corrected chi connectivity index (χ2v) is 4.99. The minimum Gasteiger partial charge on any atom is -0.299 e. The number of pyridine rings is 1. The molecular weight excluding hydrogens is 241 g/mol. The van der Waals surface area contributed by atoms with Gasteiger partial charge in [0.2, 0.25) is 0 Å². The molecule has 0 spiro atoms. The molecule has 1 aliphatic heterocycles. The average Bonchev–Trinajstić information content (AvgIpc) is 2.28. The first-order chi connectivity index (χ1) is 8.47. The number of alkyl halides is 3. The van der Waals surface area contributed by atoms with Crippen molar-refractivity contribution in [2.24, 2.45) is 5.92 Å². The van der Waals surface area contributed by atoms with Crippen LogP contribution < -0.4 is 0 Å². The van der Waals surface area contributed by atoms with E-state index in [1.165, 1.54) is 12.3 Å². The number of likely N-dealkylation sites (tertiary alicyclic amines) is 1. The van der Waals surface area contributed by atoms with Crippen LogP contribution in [0.3, 0.4) is 0 Å². The Bertz CT molecular complexity index is 403. The van der Waals surface area contributed by atoms with E-state index in [-0.39, 0.29) is 5.56 Å². The third kappa shape index (κ3) is 3.22. The summed E-state index contributed by atoms with van der Waals surface area (Å²) in [5.74, 6) is 0.560. The first kappa shape index (κ1) is 13.3. The lowest BCUT2D eigenvalue weighted by molar-refractivity contribution is -0.142. The Balaban J connectivity index is 2.13. The summed E-state index contributed by atoms with van der Waals surface area (Å²) in [6.45, 7) is 4.22. The largest absolute Gasteiger partial charge is 0.433 e. The molecule has 2 nitrogen and oxygen atoms in total. The van der Waals surface area contributed by atoms with Crippen LogP contribution >= 0.6 is 0 Å². The van der Waals surface area contributed by atoms with Gasteiger partial charge in [0.15, 0.2) is 0 Å². The van der Waals surface area contributed by atoms with Crippen LogP contribution in [0.1, 0.15) is 31.0 Å². The van der Waals surface area contributed by atoms with Crippen molar-refractivity contribution in [3.8, 4) is 0 Å². The Morgan fingerprint density at radius 1 is 1.44 bits per heavy atom. The SMILES string of the molecule is CC1CCCN(Cc2cccnc2C(F)(F)F)C1. The van der Waals surface area contributed by atoms with Gasteiger partial charge in [0, 0.05) is 19.3 Å². The molecule has 1 saturated heterocycles. The fourth-order valence-electron chi connectivity index (χ4n) is 2.49. The van der Waals surface area contributed by atoms with Gasteiger partial charge in [-0.25, -0.2) is 0 Å². The summed E-state index contributed by atoms with van der Waals surface area (Å²) >= 11 is 0. The molecule has 0 bridgehead atoms. The molecule has 0 N–H and O–H groups in total. The Labute approximate surface area is 105 Å². The molecule has 0 aromatic carbocycles. The molecule has 1 atom stereocenters. The van der Waals surface area contributed by atoms with Gasteiger partial charge in [-0.1, -0.05) is 13.0 Å². The van der Waals surface area contributed by atoms with E-state index in [9.17, 15) is 13.2 Å². The molecule has 1 fully saturated rings. The van der Waals surface area contributed by atoms with Gasteiger partial charge < -0.3 is 0 Å². The number of nitrogens with zero attached hydrogens (tertiary/aromatic N) is 2. The quantitative estimate of drug-likeness (QED) is 0.809. The average molecular weight is 258 g/mol. The molecule has 5 heteroatoms. The van der Waals surface area contributed by atoms with E-state index >= 15 is 0 Å². The van der Waals surface area contributed by atoms with Gasteiger partial charge in [0.1, 0.15) is 5.69 Å². The van der Waals surface area contributed by atoms with Crippen LogP contribution in [0, 0.1) is 5.92 Å². The molecular formula is C13H17F3N2. The van der Waals surface area contributed by atoms with Crippen molar-refractivity contribution in [2.45, 2.75) is 32.5 Å². The highest BCUT2D eigenvalue weighted by molar-refractivity contribution is 5.22. The number of aromatic nitrogens is 1. The molecule has 0 saturated carbocycles. The predicted octanol–water partition coefficient (Wildman–Crippen LogP) is 3.33. The van der Waals surface area contributed by atoms with Crippen molar-refractivity contribution < 1.29 is 13.2 Å². The van der Waals surface area contributed by atoms with Crippen molar-refractivity contribution >= 4 is 0 Å². The summed E-state index contributed by atoms with van der Waals surface area (Å²) in [7, 11) is 0. The summed E-state index contributed by atoms with van der Waals surface area (Å²) in [5.41, 5.74) is -0.470. The van der Waals surface area contributed by atoms with Crippen molar-refractivity contribution in [1.82, 2.24) is 9.88 Å². The lowest BCUT2D eigenvalue weighted by Crippen LogP contribution is -2.34. The van der Waals surface area contributed by atoms with Gasteiger partial charge in [0.05, 0.1) is 0 Å². The van der Waals surface area contributed by atoms with E-state index in [1.54, 1.807) is 6.07 Å². The smallest absolute Gasteiger partial charge is 0.299 e. The summed E-state index contributed by atoms with van der Waals surface area (Å²) in [5, 5.41) is 0. The lowest BCUT2D eigenvalue weighted by atomic mass is 9.99. The monoisotopic (exact) mass is 258 g/mol. The maximum Gasteiger partial charge on any atom is 0.433 e. The van der Waals surface area contributed by atoms with E-state index in [1.807, 2.05) is 0 Å². The summed E-state index contributed by atoms with van der Waals surface area (Å²) < 4.78 is 38.4. The lowest BCUT2D eigenvalue weighted by Gasteiger charge is -2.31. The Hall–Kier alpha value is -1.10. The zero-order valence-corrected chi connectivity index (χ0v) is 10.4. The van der Waals surface area contributed by atoms with Crippen molar-refractivity contribution in [2.75, 3.05) is 13.1 Å². The number of piperidine rings is 1. The van der Waals surface area contributed by atoms with E-state index in [0.29, 0.717) is 12.5 Å². The molecule has 1 aromatic rings. The van der Waals surface area contributed by atoms with Gasteiger partial charge in [-0.15, -0.1) is 0 Å². The summed E-state index contributed by atoms with van der Waals surface area (Å²) in [4.78, 5) is 5.57. The van der Waals surface area contributed by atoms with Gasteiger partial charge in [-0.3, -0.25) is 9.88 Å². The molecule has 0 radical (unpaired) electrons. The van der Waals surface area contributed by atoms with Gasteiger partial charge in [0.25, 0.3) is 0 Å². The Morgan fingerprint density at radius 3 is 2.89 bits per heavy atom. The number of rotatable bonds is 2. The highest BCUT2D eigenvalue weighted by atomic mass is 19.4. The van der Waals surface area contributed by atoms with Crippen molar-refractivity contribution in [3.63, 3.8) is 0 Å². The Morgan fingerprint density at radius 2 is 2.22 bits per heavy atom. The van der Waals surface area contributed by atoms with Crippen molar-refractivity contribution in [3.05, 3.63) is 29.6 Å². The van der Waals surface area contributed by atoms with Crippen LogP contribution in [0.15, 0.2) is 18.3 Å². The van der Waals surface area contributed by atoms with Crippen LogP contribution in [-0.4, -0.2) is 23.0 Å². The molecule has 100 valence electrons. The molecule has 2 heterocycles. The van der Waals surface area contributed by atoms with Crippen LogP contribution in [0.5, 0.6) is 0 Å². The fourth-order valence-corrected chi connectivity index (χ4v) is 2.49. The second-order valence-electron chi connectivity index (χ2n) is 4.99. The first-order valence-electron chi connectivity index (χ1n) is 6.20. The predicted molar refractivity (Wildman–Crippen MR) is 62.9 cm³/mol. The van der Waals surface area contributed by atoms with Crippen LogP contribution in [0.2, 0.25) is 0 Å². The first-order valence-corrected chi connectivity index (χ1v) is 6.20. The van der Waals surface area contributed by atoms with Crippen LogP contribution in [-0.2, 0) is 12.7 Å². The maximum atomic E-state index is 12.8. The minimum absolute atomic E-state index is 0.277. The molecule has 0 amide bonds. The topological polar surface area (TPSA) is 16.1 Å². The highest BCUT2D eigenvalue weighted by Crippen LogP contribution is 2.31. The number of halogens is 3. The molecule has 2 rings (SSSR count). The molecule has 0 aliphatic carbocycles. The molecule has 1 aromatic heterocycles. The maximum absolute atomic E-state index is 12.8.